The van der Waals surface area contributed by atoms with Crippen LogP contribution in [0, 0.1) is 20.8 Å². The molecule has 0 saturated heterocycles. The monoisotopic (exact) mass is 418 g/mol. The van der Waals surface area contributed by atoms with E-state index in [1.165, 1.54) is 4.31 Å². The zero-order valence-corrected chi connectivity index (χ0v) is 18.2. The van der Waals surface area contributed by atoms with Gasteiger partial charge in [0.25, 0.3) is 0 Å². The van der Waals surface area contributed by atoms with Crippen LogP contribution >= 0.6 is 0 Å². The molecule has 156 valence electrons. The van der Waals surface area contributed by atoms with E-state index in [0.717, 1.165) is 41.4 Å². The molecule has 0 radical (unpaired) electrons. The van der Waals surface area contributed by atoms with Gasteiger partial charge in [-0.1, -0.05) is 12.1 Å². The molecule has 3 aromatic rings. The summed E-state index contributed by atoms with van der Waals surface area (Å²) < 4.78 is 37.2. The molecular formula is C19H26N6O3S. The van der Waals surface area contributed by atoms with Crippen molar-refractivity contribution >= 4 is 10.0 Å². The largest absolute Gasteiger partial charge is 0.360 e. The lowest BCUT2D eigenvalue weighted by Gasteiger charge is -2.26. The van der Waals surface area contributed by atoms with Crippen LogP contribution < -0.4 is 0 Å². The Morgan fingerprint density at radius 1 is 1.24 bits per heavy atom. The molecule has 1 aliphatic rings. The molecule has 0 unspecified atom stereocenters. The van der Waals surface area contributed by atoms with Crippen molar-refractivity contribution in [1.29, 1.82) is 0 Å². The standard InChI is InChI=1S/C19H26N6O3S/c1-6-8-25-12(2)10-20-19(25)17-15-11-24(9-7-16(15)23(5)21-17)29(26,27)18-13(3)22-28-14(18)4/h10H,6-9,11H2,1-5H3. The van der Waals surface area contributed by atoms with Gasteiger partial charge in [0, 0.05) is 56.3 Å². The van der Waals surface area contributed by atoms with E-state index in [-0.39, 0.29) is 11.4 Å². The van der Waals surface area contributed by atoms with Crippen molar-refractivity contribution in [2.45, 2.75) is 58.5 Å². The second-order valence-electron chi connectivity index (χ2n) is 7.51. The average molecular weight is 419 g/mol. The molecule has 3 aromatic heterocycles. The lowest BCUT2D eigenvalue weighted by molar-refractivity contribution is 0.379. The number of sulfonamides is 1. The number of aryl methyl sites for hydroxylation is 4. The number of hydrogen-bond donors (Lipinski definition) is 0. The molecule has 0 bridgehead atoms. The van der Waals surface area contributed by atoms with Gasteiger partial charge in [-0.25, -0.2) is 13.4 Å². The summed E-state index contributed by atoms with van der Waals surface area (Å²) in [6.07, 6.45) is 3.41. The van der Waals surface area contributed by atoms with Crippen LogP contribution in [0.15, 0.2) is 15.6 Å². The van der Waals surface area contributed by atoms with E-state index in [0.29, 0.717) is 24.4 Å². The molecule has 9 nitrogen and oxygen atoms in total. The number of aromatic nitrogens is 5. The van der Waals surface area contributed by atoms with Crippen LogP contribution in [0.3, 0.4) is 0 Å². The number of nitrogens with zero attached hydrogens (tertiary/aromatic N) is 6. The number of fused-ring (bicyclic) bond motifs is 1. The van der Waals surface area contributed by atoms with E-state index in [2.05, 4.69) is 21.6 Å². The van der Waals surface area contributed by atoms with E-state index in [1.54, 1.807) is 13.8 Å². The van der Waals surface area contributed by atoms with Gasteiger partial charge in [-0.15, -0.1) is 0 Å². The molecule has 0 spiro atoms. The second kappa shape index (κ2) is 7.10. The lowest BCUT2D eigenvalue weighted by Crippen LogP contribution is -2.36. The first-order chi connectivity index (χ1) is 13.8. The number of hydrogen-bond acceptors (Lipinski definition) is 6. The Kier molecular flexibility index (Phi) is 4.86. The summed E-state index contributed by atoms with van der Waals surface area (Å²) in [5.74, 6) is 1.10. The maximum Gasteiger partial charge on any atom is 0.248 e. The van der Waals surface area contributed by atoms with Crippen molar-refractivity contribution in [2.24, 2.45) is 7.05 Å². The first-order valence-corrected chi connectivity index (χ1v) is 11.2. The first kappa shape index (κ1) is 19.8. The minimum atomic E-state index is -3.71. The summed E-state index contributed by atoms with van der Waals surface area (Å²) in [4.78, 5) is 4.75. The predicted octanol–water partition coefficient (Wildman–Crippen LogP) is 2.35. The van der Waals surface area contributed by atoms with Gasteiger partial charge in [0.05, 0.1) is 0 Å². The maximum atomic E-state index is 13.3. The highest BCUT2D eigenvalue weighted by Gasteiger charge is 2.36. The van der Waals surface area contributed by atoms with Crippen LogP contribution in [-0.4, -0.2) is 43.8 Å². The van der Waals surface area contributed by atoms with Gasteiger partial charge in [-0.2, -0.15) is 9.40 Å². The van der Waals surface area contributed by atoms with Crippen molar-refractivity contribution in [1.82, 2.24) is 28.8 Å². The molecular weight excluding hydrogens is 392 g/mol. The van der Waals surface area contributed by atoms with Gasteiger partial charge in [-0.05, 0) is 27.2 Å². The van der Waals surface area contributed by atoms with Gasteiger partial charge in [0.15, 0.2) is 11.6 Å². The third-order valence-electron chi connectivity index (χ3n) is 5.49. The SMILES string of the molecule is CCCn1c(C)cnc1-c1nn(C)c2c1CN(S(=O)(=O)c1c(C)noc1C)CC2. The Morgan fingerprint density at radius 3 is 2.66 bits per heavy atom. The zero-order chi connectivity index (χ0) is 20.9. The Balaban J connectivity index is 1.78. The third-order valence-corrected chi connectivity index (χ3v) is 7.58. The molecule has 29 heavy (non-hydrogen) atoms. The van der Waals surface area contributed by atoms with Gasteiger partial charge < -0.3 is 9.09 Å². The van der Waals surface area contributed by atoms with Gasteiger partial charge in [-0.3, -0.25) is 4.68 Å². The highest BCUT2D eigenvalue weighted by molar-refractivity contribution is 7.89. The molecule has 1 aliphatic heterocycles. The maximum absolute atomic E-state index is 13.3. The van der Waals surface area contributed by atoms with Crippen LogP contribution in [0.2, 0.25) is 0 Å². The predicted molar refractivity (Wildman–Crippen MR) is 107 cm³/mol. The van der Waals surface area contributed by atoms with E-state index < -0.39 is 10.0 Å². The van der Waals surface area contributed by atoms with Gasteiger partial charge >= 0.3 is 0 Å². The summed E-state index contributed by atoms with van der Waals surface area (Å²) in [6.45, 7) is 8.91. The first-order valence-electron chi connectivity index (χ1n) is 9.76. The molecule has 0 amide bonds. The van der Waals surface area contributed by atoms with Crippen LogP contribution in [-0.2, 0) is 36.6 Å². The topological polar surface area (TPSA) is 99.1 Å². The van der Waals surface area contributed by atoms with Crippen LogP contribution in [0.25, 0.3) is 11.5 Å². The zero-order valence-electron chi connectivity index (χ0n) is 17.4. The van der Waals surface area contributed by atoms with Crippen molar-refractivity contribution in [3.8, 4) is 11.5 Å². The fourth-order valence-electron chi connectivity index (χ4n) is 4.08. The highest BCUT2D eigenvalue weighted by atomic mass is 32.2. The Morgan fingerprint density at radius 2 is 2.00 bits per heavy atom. The van der Waals surface area contributed by atoms with Gasteiger partial charge in [0.1, 0.15) is 16.3 Å². The van der Waals surface area contributed by atoms with Crippen LogP contribution in [0.5, 0.6) is 0 Å². The molecule has 4 rings (SSSR count). The molecule has 4 heterocycles. The van der Waals surface area contributed by atoms with Crippen molar-refractivity contribution in [2.75, 3.05) is 6.54 Å². The summed E-state index contributed by atoms with van der Waals surface area (Å²) in [5, 5.41) is 8.53. The smallest absolute Gasteiger partial charge is 0.248 e. The average Bonchev–Trinajstić information content (AvgIpc) is 3.32. The fourth-order valence-corrected chi connectivity index (χ4v) is 5.78. The van der Waals surface area contributed by atoms with E-state index in [4.69, 9.17) is 9.62 Å². The Labute approximate surface area is 170 Å². The molecule has 0 aromatic carbocycles. The summed E-state index contributed by atoms with van der Waals surface area (Å²) in [7, 11) is -1.81. The minimum absolute atomic E-state index is 0.162. The quantitative estimate of drug-likeness (QED) is 0.631. The van der Waals surface area contributed by atoms with Crippen LogP contribution in [0.1, 0.15) is 41.8 Å². The molecule has 0 aliphatic carbocycles. The van der Waals surface area contributed by atoms with Crippen molar-refractivity contribution < 1.29 is 12.9 Å². The highest BCUT2D eigenvalue weighted by Crippen LogP contribution is 2.33. The molecule has 0 saturated carbocycles. The summed E-state index contributed by atoms with van der Waals surface area (Å²) in [5.41, 5.74) is 4.17. The van der Waals surface area contributed by atoms with Crippen molar-refractivity contribution in [3.63, 3.8) is 0 Å². The van der Waals surface area contributed by atoms with Crippen molar-refractivity contribution in [3.05, 3.63) is 34.6 Å². The molecule has 0 N–H and O–H groups in total. The van der Waals surface area contributed by atoms with Crippen LogP contribution in [0.4, 0.5) is 0 Å². The summed E-state index contributed by atoms with van der Waals surface area (Å²) in [6, 6.07) is 0. The van der Waals surface area contributed by atoms with E-state index in [1.807, 2.05) is 24.9 Å². The van der Waals surface area contributed by atoms with E-state index in [9.17, 15) is 8.42 Å². The Hall–Kier alpha value is -2.46. The number of rotatable bonds is 5. The lowest BCUT2D eigenvalue weighted by atomic mass is 10.1. The number of imidazole rings is 1. The third kappa shape index (κ3) is 3.10. The normalized spacial score (nSPS) is 15.1. The summed E-state index contributed by atoms with van der Waals surface area (Å²) >= 11 is 0. The van der Waals surface area contributed by atoms with Gasteiger partial charge in [0.2, 0.25) is 10.0 Å². The molecule has 10 heteroatoms. The fraction of sp³-hybridized carbons (Fsp3) is 0.526. The Bertz CT molecular complexity index is 1150. The molecule has 0 atom stereocenters. The second-order valence-corrected chi connectivity index (χ2v) is 9.39. The minimum Gasteiger partial charge on any atom is -0.360 e. The van der Waals surface area contributed by atoms with E-state index >= 15 is 0 Å². The molecule has 0 fully saturated rings.